The van der Waals surface area contributed by atoms with Gasteiger partial charge in [0, 0.05) is 6.20 Å². The summed E-state index contributed by atoms with van der Waals surface area (Å²) in [7, 11) is 0. The second-order valence-corrected chi connectivity index (χ2v) is 10.3. The SMILES string of the molecule is C[C@@H](O)Cn1cc(-c2cncc([C@@]34CC[C@@H](c5cc(-c6c(F)cccc6F)nnc53)C4(C)C)n2)nn1. The largest absolute Gasteiger partial charge is 0.391 e. The fourth-order valence-electron chi connectivity index (χ4n) is 6.23. The predicted octanol–water partition coefficient (Wildman–Crippen LogP) is 4.05. The van der Waals surface area contributed by atoms with Crippen LogP contribution in [-0.2, 0) is 12.0 Å². The summed E-state index contributed by atoms with van der Waals surface area (Å²) in [4.78, 5) is 9.44. The van der Waals surface area contributed by atoms with Crippen LogP contribution >= 0.6 is 0 Å². The maximum atomic E-state index is 14.5. The zero-order valence-electron chi connectivity index (χ0n) is 20.2. The van der Waals surface area contributed by atoms with Crippen LogP contribution in [0, 0.1) is 17.0 Å². The van der Waals surface area contributed by atoms with Crippen molar-refractivity contribution in [2.75, 3.05) is 0 Å². The van der Waals surface area contributed by atoms with Crippen LogP contribution in [0.15, 0.2) is 42.9 Å². The third kappa shape index (κ3) is 3.13. The number of nitrogens with zero attached hydrogens (tertiary/aromatic N) is 7. The van der Waals surface area contributed by atoms with Gasteiger partial charge in [0.25, 0.3) is 0 Å². The van der Waals surface area contributed by atoms with Crippen LogP contribution in [-0.4, -0.2) is 46.4 Å². The van der Waals surface area contributed by atoms with E-state index in [-0.39, 0.29) is 22.6 Å². The molecule has 0 radical (unpaired) electrons. The van der Waals surface area contributed by atoms with Gasteiger partial charge in [-0.05, 0) is 54.9 Å². The van der Waals surface area contributed by atoms with Crippen LogP contribution in [0.5, 0.6) is 0 Å². The first-order chi connectivity index (χ1) is 17.2. The van der Waals surface area contributed by atoms with E-state index in [1.807, 2.05) is 0 Å². The molecular weight excluding hydrogens is 464 g/mol. The van der Waals surface area contributed by atoms with E-state index in [2.05, 4.69) is 39.3 Å². The fourth-order valence-corrected chi connectivity index (χ4v) is 6.23. The highest BCUT2D eigenvalue weighted by molar-refractivity contribution is 5.64. The van der Waals surface area contributed by atoms with E-state index in [4.69, 9.17) is 4.98 Å². The molecule has 2 aliphatic rings. The van der Waals surface area contributed by atoms with E-state index in [1.165, 1.54) is 18.2 Å². The lowest BCUT2D eigenvalue weighted by molar-refractivity contribution is 0.167. The van der Waals surface area contributed by atoms with Crippen molar-refractivity contribution in [1.82, 2.24) is 35.2 Å². The molecule has 8 nitrogen and oxygen atoms in total. The van der Waals surface area contributed by atoms with Gasteiger partial charge >= 0.3 is 0 Å². The summed E-state index contributed by atoms with van der Waals surface area (Å²) in [5.41, 5.74) is 2.84. The van der Waals surface area contributed by atoms with Gasteiger partial charge in [-0.1, -0.05) is 25.1 Å². The summed E-state index contributed by atoms with van der Waals surface area (Å²) in [6.07, 6.45) is 6.28. The fraction of sp³-hybridized carbons (Fsp3) is 0.385. The van der Waals surface area contributed by atoms with E-state index < -0.39 is 23.2 Å². The maximum Gasteiger partial charge on any atom is 0.135 e. The van der Waals surface area contributed by atoms with Crippen LogP contribution in [0.1, 0.15) is 56.5 Å². The normalized spacial score (nSPS) is 22.6. The van der Waals surface area contributed by atoms with Crippen LogP contribution in [0.25, 0.3) is 22.6 Å². The smallest absolute Gasteiger partial charge is 0.135 e. The molecule has 3 aromatic heterocycles. The molecule has 0 amide bonds. The summed E-state index contributed by atoms with van der Waals surface area (Å²) >= 11 is 0. The van der Waals surface area contributed by atoms with Gasteiger partial charge in [0.2, 0.25) is 0 Å². The third-order valence-corrected chi connectivity index (χ3v) is 7.93. The van der Waals surface area contributed by atoms with E-state index in [0.29, 0.717) is 17.9 Å². The molecule has 3 heterocycles. The molecule has 1 aromatic carbocycles. The van der Waals surface area contributed by atoms with Gasteiger partial charge in [0.05, 0.1) is 53.1 Å². The quantitative estimate of drug-likeness (QED) is 0.451. The minimum atomic E-state index is -0.663. The lowest BCUT2D eigenvalue weighted by Crippen LogP contribution is -2.38. The number of rotatable bonds is 5. The molecule has 0 saturated heterocycles. The van der Waals surface area contributed by atoms with Gasteiger partial charge in [0.15, 0.2) is 0 Å². The second-order valence-electron chi connectivity index (χ2n) is 10.3. The van der Waals surface area contributed by atoms with Crippen LogP contribution in [0.4, 0.5) is 8.78 Å². The lowest BCUT2D eigenvalue weighted by atomic mass is 9.66. The molecule has 1 saturated carbocycles. The molecule has 3 atom stereocenters. The van der Waals surface area contributed by atoms with Crippen molar-refractivity contribution in [1.29, 1.82) is 0 Å². The molecule has 0 unspecified atom stereocenters. The highest BCUT2D eigenvalue weighted by atomic mass is 19.1. The van der Waals surface area contributed by atoms with Gasteiger partial charge in [-0.3, -0.25) is 4.98 Å². The molecule has 36 heavy (non-hydrogen) atoms. The zero-order valence-corrected chi connectivity index (χ0v) is 20.2. The topological polar surface area (TPSA) is 102 Å². The molecule has 10 heteroatoms. The average Bonchev–Trinajstić information content (AvgIpc) is 3.46. The number of halogens is 2. The Balaban J connectivity index is 1.46. The summed E-state index contributed by atoms with van der Waals surface area (Å²) < 4.78 is 30.6. The molecular formula is C26H25F2N7O. The number of aliphatic hydroxyl groups excluding tert-OH is 1. The molecule has 2 aliphatic carbocycles. The predicted molar refractivity (Wildman–Crippen MR) is 127 cm³/mol. The van der Waals surface area contributed by atoms with Crippen LogP contribution < -0.4 is 0 Å². The average molecular weight is 490 g/mol. The Bertz CT molecular complexity index is 1460. The van der Waals surface area contributed by atoms with E-state index in [1.54, 1.807) is 36.3 Å². The Kier molecular flexibility index (Phi) is 5.01. The van der Waals surface area contributed by atoms with Gasteiger partial charge in [-0.25, -0.2) is 18.4 Å². The Morgan fingerprint density at radius 1 is 1.08 bits per heavy atom. The number of aliphatic hydroxyl groups is 1. The monoisotopic (exact) mass is 489 g/mol. The molecule has 0 aliphatic heterocycles. The number of aromatic nitrogens is 7. The Labute approximate surface area is 206 Å². The zero-order chi connectivity index (χ0) is 25.2. The van der Waals surface area contributed by atoms with Crippen molar-refractivity contribution in [3.8, 4) is 22.6 Å². The Morgan fingerprint density at radius 2 is 1.86 bits per heavy atom. The van der Waals surface area contributed by atoms with Crippen LogP contribution in [0.3, 0.4) is 0 Å². The first-order valence-electron chi connectivity index (χ1n) is 12.0. The van der Waals surface area contributed by atoms with Crippen LogP contribution in [0.2, 0.25) is 0 Å². The highest BCUT2D eigenvalue weighted by Crippen LogP contribution is 2.69. The number of hydrogen-bond acceptors (Lipinski definition) is 7. The summed E-state index contributed by atoms with van der Waals surface area (Å²) in [6, 6.07) is 5.58. The standard InChI is InChI=1S/C26H25F2N7O/c1-14(36)12-35-13-21(32-34-35)20-10-29-11-22(30-20)26-8-7-16(25(26,2)3)15-9-19(31-33-24(15)26)23-17(27)5-4-6-18(23)28/h4-6,9-11,13-14,16,36H,7-8,12H2,1-3H3/t14-,16+,26+/m1/s1. The molecule has 2 bridgehead atoms. The Hall–Kier alpha value is -3.66. The summed E-state index contributed by atoms with van der Waals surface area (Å²) in [6.45, 7) is 6.38. The molecule has 184 valence electrons. The second kappa shape index (κ2) is 7.92. The van der Waals surface area contributed by atoms with E-state index in [0.717, 1.165) is 29.8 Å². The van der Waals surface area contributed by atoms with Crippen molar-refractivity contribution < 1.29 is 13.9 Å². The van der Waals surface area contributed by atoms with E-state index >= 15 is 0 Å². The lowest BCUT2D eigenvalue weighted by Gasteiger charge is -2.37. The first kappa shape index (κ1) is 22.8. The number of fused-ring (bicyclic) bond motifs is 5. The molecule has 1 N–H and O–H groups in total. The van der Waals surface area contributed by atoms with Crippen molar-refractivity contribution in [2.45, 2.75) is 57.6 Å². The maximum absolute atomic E-state index is 14.5. The third-order valence-electron chi connectivity index (χ3n) is 7.93. The van der Waals surface area contributed by atoms with Crippen molar-refractivity contribution in [2.24, 2.45) is 5.41 Å². The van der Waals surface area contributed by atoms with Gasteiger partial charge < -0.3 is 5.11 Å². The summed E-state index contributed by atoms with van der Waals surface area (Å²) in [5.74, 6) is -1.19. The minimum Gasteiger partial charge on any atom is -0.391 e. The highest BCUT2D eigenvalue weighted by Gasteiger charge is 2.65. The molecule has 1 fully saturated rings. The van der Waals surface area contributed by atoms with Gasteiger partial charge in [-0.2, -0.15) is 5.10 Å². The van der Waals surface area contributed by atoms with Crippen molar-refractivity contribution in [3.05, 3.63) is 71.4 Å². The Morgan fingerprint density at radius 3 is 2.61 bits per heavy atom. The number of hydrogen-bond donors (Lipinski definition) is 1. The van der Waals surface area contributed by atoms with Crippen molar-refractivity contribution in [3.63, 3.8) is 0 Å². The minimum absolute atomic E-state index is 0.133. The van der Waals surface area contributed by atoms with Crippen molar-refractivity contribution >= 4 is 0 Å². The molecule has 6 rings (SSSR count). The molecule has 0 spiro atoms. The molecule has 4 aromatic rings. The van der Waals surface area contributed by atoms with Gasteiger partial charge in [0.1, 0.15) is 23.0 Å². The number of benzene rings is 1. The summed E-state index contributed by atoms with van der Waals surface area (Å²) in [5, 5.41) is 26.8. The van der Waals surface area contributed by atoms with E-state index in [9.17, 15) is 13.9 Å². The van der Waals surface area contributed by atoms with Gasteiger partial charge in [-0.15, -0.1) is 10.2 Å². The first-order valence-corrected chi connectivity index (χ1v) is 12.0.